The Balaban J connectivity index is 1.34. The number of hydrogen-bond donors (Lipinski definition) is 0. The first-order valence-corrected chi connectivity index (χ1v) is 9.85. The molecule has 2 unspecified atom stereocenters. The highest BCUT2D eigenvalue weighted by Crippen LogP contribution is 2.47. The van der Waals surface area contributed by atoms with Gasteiger partial charge in [0, 0.05) is 17.5 Å². The monoisotopic (exact) mass is 364 g/mol. The van der Waals surface area contributed by atoms with Crippen LogP contribution in [-0.4, -0.2) is 19.7 Å². The summed E-state index contributed by atoms with van der Waals surface area (Å²) in [4.78, 5) is 11.6. The predicted octanol–water partition coefficient (Wildman–Crippen LogP) is 4.67. The van der Waals surface area contributed by atoms with Gasteiger partial charge in [-0.3, -0.25) is 4.79 Å². The first-order valence-electron chi connectivity index (χ1n) is 9.85. The molecule has 1 fully saturated rings. The molecule has 0 N–H and O–H groups in total. The Morgan fingerprint density at radius 3 is 2.78 bits per heavy atom. The van der Waals surface area contributed by atoms with Crippen LogP contribution in [0.2, 0.25) is 0 Å². The van der Waals surface area contributed by atoms with Crippen molar-refractivity contribution in [2.45, 2.75) is 50.0 Å². The Kier molecular flexibility index (Phi) is 4.07. The first kappa shape index (κ1) is 16.7. The quantitative estimate of drug-likeness (QED) is 0.723. The molecule has 140 valence electrons. The lowest BCUT2D eigenvalue weighted by Gasteiger charge is -2.16. The van der Waals surface area contributed by atoms with Gasteiger partial charge in [-0.2, -0.15) is 0 Å². The topological polar surface area (TPSA) is 44.8 Å². The molecule has 27 heavy (non-hydrogen) atoms. The third-order valence-corrected chi connectivity index (χ3v) is 6.05. The molecule has 2 atom stereocenters. The molecule has 4 heteroatoms. The summed E-state index contributed by atoms with van der Waals surface area (Å²) in [6.45, 7) is 0.519. The summed E-state index contributed by atoms with van der Waals surface area (Å²) < 4.78 is 16.9. The van der Waals surface area contributed by atoms with Crippen molar-refractivity contribution in [2.75, 3.05) is 13.7 Å². The number of methoxy groups -OCH3 is 1. The molecule has 1 aliphatic heterocycles. The lowest BCUT2D eigenvalue weighted by Crippen LogP contribution is -2.09. The highest BCUT2D eigenvalue weighted by Gasteiger charge is 2.33. The van der Waals surface area contributed by atoms with Gasteiger partial charge in [-0.1, -0.05) is 24.3 Å². The summed E-state index contributed by atoms with van der Waals surface area (Å²) in [5.41, 5.74) is 5.47. The molecule has 0 saturated heterocycles. The molecule has 3 aliphatic rings. The number of hydrogen-bond acceptors (Lipinski definition) is 4. The lowest BCUT2D eigenvalue weighted by molar-refractivity contribution is -0.141. The van der Waals surface area contributed by atoms with E-state index in [1.54, 1.807) is 5.56 Å². The van der Waals surface area contributed by atoms with Crippen molar-refractivity contribution in [2.24, 2.45) is 0 Å². The van der Waals surface area contributed by atoms with Crippen LogP contribution in [-0.2, 0) is 16.0 Å². The zero-order valence-electron chi connectivity index (χ0n) is 15.6. The van der Waals surface area contributed by atoms with Crippen LogP contribution in [0.25, 0.3) is 0 Å². The van der Waals surface area contributed by atoms with E-state index in [9.17, 15) is 4.79 Å². The second-order valence-electron chi connectivity index (χ2n) is 7.82. The van der Waals surface area contributed by atoms with Crippen molar-refractivity contribution in [1.82, 2.24) is 0 Å². The van der Waals surface area contributed by atoms with Crippen molar-refractivity contribution in [3.8, 4) is 11.5 Å². The fourth-order valence-electron chi connectivity index (χ4n) is 4.49. The number of esters is 1. The molecule has 1 heterocycles. The van der Waals surface area contributed by atoms with Crippen LogP contribution in [0.5, 0.6) is 11.5 Å². The Bertz CT molecular complexity index is 884. The van der Waals surface area contributed by atoms with Crippen molar-refractivity contribution < 1.29 is 19.0 Å². The maximum Gasteiger partial charge on any atom is 0.306 e. The van der Waals surface area contributed by atoms with Gasteiger partial charge in [0.1, 0.15) is 17.6 Å². The molecule has 4 nitrogen and oxygen atoms in total. The van der Waals surface area contributed by atoms with E-state index in [1.165, 1.54) is 31.1 Å². The van der Waals surface area contributed by atoms with Crippen molar-refractivity contribution in [3.63, 3.8) is 0 Å². The van der Waals surface area contributed by atoms with Crippen molar-refractivity contribution in [3.05, 3.63) is 58.7 Å². The summed E-state index contributed by atoms with van der Waals surface area (Å²) in [7, 11) is 1.42. The second-order valence-corrected chi connectivity index (χ2v) is 7.82. The zero-order valence-corrected chi connectivity index (χ0v) is 15.6. The van der Waals surface area contributed by atoms with Gasteiger partial charge in [0.15, 0.2) is 0 Å². The summed E-state index contributed by atoms with van der Waals surface area (Å²) in [6.07, 6.45) is 5.26. The molecule has 1 saturated carbocycles. The van der Waals surface area contributed by atoms with E-state index in [1.807, 2.05) is 18.2 Å². The minimum Gasteiger partial charge on any atom is -0.492 e. The van der Waals surface area contributed by atoms with E-state index in [4.69, 9.17) is 14.2 Å². The molecule has 0 amide bonds. The number of carbonyl (C=O) groups excluding carboxylic acids is 1. The van der Waals surface area contributed by atoms with Crippen molar-refractivity contribution in [1.29, 1.82) is 0 Å². The van der Waals surface area contributed by atoms with Gasteiger partial charge in [0.2, 0.25) is 0 Å². The summed E-state index contributed by atoms with van der Waals surface area (Å²) in [6, 6.07) is 12.7. The predicted molar refractivity (Wildman–Crippen MR) is 101 cm³/mol. The van der Waals surface area contributed by atoms with Crippen LogP contribution in [0, 0.1) is 0 Å². The maximum absolute atomic E-state index is 11.6. The molecular weight excluding hydrogens is 340 g/mol. The average Bonchev–Trinajstić information content (AvgIpc) is 3.35. The summed E-state index contributed by atoms with van der Waals surface area (Å²) in [5, 5.41) is 0. The van der Waals surface area contributed by atoms with Gasteiger partial charge in [-0.05, 0) is 54.4 Å². The van der Waals surface area contributed by atoms with Gasteiger partial charge in [-0.25, -0.2) is 0 Å². The van der Waals surface area contributed by atoms with E-state index in [0.29, 0.717) is 13.0 Å². The fraction of sp³-hybridized carbons (Fsp3) is 0.435. The number of ether oxygens (including phenoxy) is 3. The van der Waals surface area contributed by atoms with Gasteiger partial charge in [0.25, 0.3) is 0 Å². The molecule has 0 aromatic heterocycles. The smallest absolute Gasteiger partial charge is 0.306 e. The molecular formula is C23H24O4. The molecule has 0 spiro atoms. The van der Waals surface area contributed by atoms with E-state index < -0.39 is 0 Å². The van der Waals surface area contributed by atoms with E-state index in [0.717, 1.165) is 35.8 Å². The highest BCUT2D eigenvalue weighted by atomic mass is 16.5. The normalized spacial score (nSPS) is 22.7. The molecule has 0 radical (unpaired) electrons. The molecule has 5 rings (SSSR count). The van der Waals surface area contributed by atoms with Crippen LogP contribution in [0.3, 0.4) is 0 Å². The standard InChI is InChI=1S/C23H24O4/c1-25-23(24)11-15-13-26-22-12-16(7-8-18(15)22)27-21-10-9-19-17(14-5-6-14)3-2-4-20(19)21/h2-4,7-8,12,14-15,21H,5-6,9-11,13H2,1H3. The highest BCUT2D eigenvalue weighted by molar-refractivity contribution is 5.71. The minimum absolute atomic E-state index is 0.0646. The van der Waals surface area contributed by atoms with Crippen LogP contribution in [0.1, 0.15) is 65.9 Å². The third-order valence-electron chi connectivity index (χ3n) is 6.05. The maximum atomic E-state index is 11.6. The van der Waals surface area contributed by atoms with E-state index in [-0.39, 0.29) is 18.0 Å². The van der Waals surface area contributed by atoms with Crippen molar-refractivity contribution >= 4 is 5.97 Å². The van der Waals surface area contributed by atoms with Crippen LogP contribution in [0.15, 0.2) is 36.4 Å². The minimum atomic E-state index is -0.203. The molecule has 2 aromatic carbocycles. The molecule has 2 aromatic rings. The summed E-state index contributed by atoms with van der Waals surface area (Å²) in [5.74, 6) is 2.30. The Morgan fingerprint density at radius 1 is 1.11 bits per heavy atom. The summed E-state index contributed by atoms with van der Waals surface area (Å²) >= 11 is 0. The van der Waals surface area contributed by atoms with Gasteiger partial charge < -0.3 is 14.2 Å². The van der Waals surface area contributed by atoms with Gasteiger partial charge >= 0.3 is 5.97 Å². The van der Waals surface area contributed by atoms with Gasteiger partial charge in [-0.15, -0.1) is 0 Å². The zero-order chi connectivity index (χ0) is 18.4. The van der Waals surface area contributed by atoms with Crippen LogP contribution < -0.4 is 9.47 Å². The fourth-order valence-corrected chi connectivity index (χ4v) is 4.49. The lowest BCUT2D eigenvalue weighted by atomic mass is 9.98. The number of fused-ring (bicyclic) bond motifs is 2. The Morgan fingerprint density at radius 2 is 1.96 bits per heavy atom. The largest absolute Gasteiger partial charge is 0.492 e. The number of rotatable bonds is 5. The number of benzene rings is 2. The Labute approximate surface area is 159 Å². The van der Waals surface area contributed by atoms with Gasteiger partial charge in [0.05, 0.1) is 20.1 Å². The molecule has 2 aliphatic carbocycles. The van der Waals surface area contributed by atoms with Crippen LogP contribution in [0.4, 0.5) is 0 Å². The Hall–Kier alpha value is -2.49. The number of carbonyl (C=O) groups is 1. The third kappa shape index (κ3) is 3.07. The van der Waals surface area contributed by atoms with E-state index in [2.05, 4.69) is 18.2 Å². The SMILES string of the molecule is COC(=O)CC1COc2cc(OC3CCc4c(C5CC5)cccc43)ccc21. The second kappa shape index (κ2) is 6.59. The average molecular weight is 364 g/mol. The van der Waals surface area contributed by atoms with Crippen LogP contribution >= 0.6 is 0 Å². The molecule has 0 bridgehead atoms. The first-order chi connectivity index (χ1) is 13.2. The van der Waals surface area contributed by atoms with E-state index >= 15 is 0 Å².